The van der Waals surface area contributed by atoms with Crippen molar-refractivity contribution in [3.05, 3.63) is 29.8 Å². The Morgan fingerprint density at radius 2 is 2.24 bits per heavy atom. The Hall–Kier alpha value is -2.34. The molecule has 1 aromatic carbocycles. The Morgan fingerprint density at radius 1 is 1.36 bits per heavy atom. The molecule has 2 aliphatic rings. The van der Waals surface area contributed by atoms with Crippen LogP contribution in [0.1, 0.15) is 25.3 Å². The minimum atomic E-state index is -0.550. The van der Waals surface area contributed by atoms with Crippen LogP contribution in [0.4, 0.5) is 0 Å². The third-order valence-electron chi connectivity index (χ3n) is 4.82. The first-order valence-electron chi connectivity index (χ1n) is 8.69. The SMILES string of the molecule is COc1ccc2nc3c(cc2c1)CN(C[C@H]1CCCO1)C(=O)[C@@H](C)O3. The minimum Gasteiger partial charge on any atom is -0.497 e. The van der Waals surface area contributed by atoms with Crippen molar-refractivity contribution >= 4 is 16.8 Å². The highest BCUT2D eigenvalue weighted by atomic mass is 16.5. The van der Waals surface area contributed by atoms with E-state index in [4.69, 9.17) is 14.2 Å². The summed E-state index contributed by atoms with van der Waals surface area (Å²) in [6.45, 7) is 3.64. The van der Waals surface area contributed by atoms with Gasteiger partial charge >= 0.3 is 0 Å². The Labute approximate surface area is 146 Å². The Balaban J connectivity index is 1.69. The van der Waals surface area contributed by atoms with Gasteiger partial charge in [-0.25, -0.2) is 4.98 Å². The number of ether oxygens (including phenoxy) is 3. The first kappa shape index (κ1) is 16.1. The van der Waals surface area contributed by atoms with Gasteiger partial charge in [-0.05, 0) is 44.0 Å². The van der Waals surface area contributed by atoms with Gasteiger partial charge in [-0.2, -0.15) is 0 Å². The van der Waals surface area contributed by atoms with Crippen LogP contribution < -0.4 is 9.47 Å². The molecule has 2 aromatic rings. The number of rotatable bonds is 3. The number of carbonyl (C=O) groups excluding carboxylic acids is 1. The second-order valence-electron chi connectivity index (χ2n) is 6.63. The van der Waals surface area contributed by atoms with Crippen LogP contribution >= 0.6 is 0 Å². The van der Waals surface area contributed by atoms with Gasteiger partial charge in [0, 0.05) is 24.1 Å². The first-order valence-corrected chi connectivity index (χ1v) is 8.69. The predicted molar refractivity (Wildman–Crippen MR) is 92.8 cm³/mol. The lowest BCUT2D eigenvalue weighted by Gasteiger charge is -2.24. The van der Waals surface area contributed by atoms with Gasteiger partial charge in [-0.3, -0.25) is 4.79 Å². The zero-order valence-electron chi connectivity index (χ0n) is 14.5. The third-order valence-corrected chi connectivity index (χ3v) is 4.82. The van der Waals surface area contributed by atoms with Crippen LogP contribution in [0.5, 0.6) is 11.6 Å². The summed E-state index contributed by atoms with van der Waals surface area (Å²) in [5.41, 5.74) is 1.74. The third kappa shape index (κ3) is 3.14. The molecule has 1 amide bonds. The van der Waals surface area contributed by atoms with Crippen LogP contribution in [0.25, 0.3) is 10.9 Å². The van der Waals surface area contributed by atoms with Crippen LogP contribution in [0, 0.1) is 0 Å². The summed E-state index contributed by atoms with van der Waals surface area (Å²) in [5, 5.41) is 0.973. The van der Waals surface area contributed by atoms with E-state index in [1.54, 1.807) is 14.0 Å². The standard InChI is InChI=1S/C19H22N2O4/c1-12-19(22)21(11-16-4-3-7-24-16)10-14-8-13-9-15(23-2)5-6-17(13)20-18(14)25-12/h5-6,8-9,12,16H,3-4,7,10-11H2,1-2H3/t12-,16-/m1/s1. The quantitative estimate of drug-likeness (QED) is 0.858. The van der Waals surface area contributed by atoms with Gasteiger partial charge in [0.25, 0.3) is 5.91 Å². The van der Waals surface area contributed by atoms with Gasteiger partial charge in [-0.1, -0.05) is 0 Å². The van der Waals surface area contributed by atoms with Crippen molar-refractivity contribution in [3.8, 4) is 11.6 Å². The second-order valence-corrected chi connectivity index (χ2v) is 6.63. The minimum absolute atomic E-state index is 0.0184. The summed E-state index contributed by atoms with van der Waals surface area (Å²) in [4.78, 5) is 19.1. The van der Waals surface area contributed by atoms with Crippen LogP contribution in [-0.2, 0) is 16.1 Å². The molecule has 6 heteroatoms. The van der Waals surface area contributed by atoms with Crippen molar-refractivity contribution in [2.45, 2.75) is 38.5 Å². The topological polar surface area (TPSA) is 60.9 Å². The van der Waals surface area contributed by atoms with Gasteiger partial charge in [-0.15, -0.1) is 0 Å². The molecule has 0 N–H and O–H groups in total. The molecular weight excluding hydrogens is 320 g/mol. The van der Waals surface area contributed by atoms with Gasteiger partial charge in [0.1, 0.15) is 5.75 Å². The van der Waals surface area contributed by atoms with Crippen molar-refractivity contribution in [2.75, 3.05) is 20.3 Å². The number of benzene rings is 1. The summed E-state index contributed by atoms with van der Waals surface area (Å²) in [6.07, 6.45) is 1.62. The lowest BCUT2D eigenvalue weighted by molar-refractivity contribution is -0.139. The van der Waals surface area contributed by atoms with Crippen molar-refractivity contribution in [2.24, 2.45) is 0 Å². The molecule has 1 aromatic heterocycles. The maximum atomic E-state index is 12.7. The highest BCUT2D eigenvalue weighted by Gasteiger charge is 2.31. The van der Waals surface area contributed by atoms with Gasteiger partial charge in [0.05, 0.1) is 25.3 Å². The van der Waals surface area contributed by atoms with E-state index in [0.29, 0.717) is 19.0 Å². The van der Waals surface area contributed by atoms with E-state index in [1.807, 2.05) is 29.2 Å². The molecule has 1 saturated heterocycles. The fraction of sp³-hybridized carbons (Fsp3) is 0.474. The van der Waals surface area contributed by atoms with E-state index in [0.717, 1.165) is 41.7 Å². The molecule has 6 nitrogen and oxygen atoms in total. The van der Waals surface area contributed by atoms with E-state index < -0.39 is 6.10 Å². The lowest BCUT2D eigenvalue weighted by atomic mass is 10.1. The van der Waals surface area contributed by atoms with Crippen LogP contribution in [0.15, 0.2) is 24.3 Å². The van der Waals surface area contributed by atoms with E-state index >= 15 is 0 Å². The largest absolute Gasteiger partial charge is 0.497 e. The highest BCUT2D eigenvalue weighted by Crippen LogP contribution is 2.30. The molecule has 4 rings (SSSR count). The van der Waals surface area contributed by atoms with E-state index in [-0.39, 0.29) is 12.0 Å². The number of methoxy groups -OCH3 is 1. The molecule has 2 atom stereocenters. The number of pyridine rings is 1. The zero-order chi connectivity index (χ0) is 17.4. The smallest absolute Gasteiger partial charge is 0.263 e. The van der Waals surface area contributed by atoms with E-state index in [9.17, 15) is 4.79 Å². The molecule has 0 unspecified atom stereocenters. The van der Waals surface area contributed by atoms with Crippen LogP contribution in [0.2, 0.25) is 0 Å². The Morgan fingerprint density at radius 3 is 3.00 bits per heavy atom. The number of amides is 1. The van der Waals surface area contributed by atoms with E-state index in [2.05, 4.69) is 4.98 Å². The molecule has 0 radical (unpaired) electrons. The monoisotopic (exact) mass is 342 g/mol. The molecule has 132 valence electrons. The molecular formula is C19H22N2O4. The predicted octanol–water partition coefficient (Wildman–Crippen LogP) is 2.53. The van der Waals surface area contributed by atoms with Gasteiger partial charge < -0.3 is 19.1 Å². The number of aromatic nitrogens is 1. The summed E-state index contributed by atoms with van der Waals surface area (Å²) in [7, 11) is 1.64. The maximum absolute atomic E-state index is 12.7. The molecule has 0 spiro atoms. The Bertz CT molecular complexity index is 801. The summed E-state index contributed by atoms with van der Waals surface area (Å²) >= 11 is 0. The number of fused-ring (bicyclic) bond motifs is 2. The fourth-order valence-corrected chi connectivity index (χ4v) is 3.47. The molecule has 0 saturated carbocycles. The Kier molecular flexibility index (Phi) is 4.21. The number of carbonyl (C=O) groups is 1. The van der Waals surface area contributed by atoms with E-state index in [1.165, 1.54) is 0 Å². The average molecular weight is 342 g/mol. The maximum Gasteiger partial charge on any atom is 0.263 e. The number of hydrogen-bond donors (Lipinski definition) is 0. The number of nitrogens with zero attached hydrogens (tertiary/aromatic N) is 2. The van der Waals surface area contributed by atoms with Crippen molar-refractivity contribution < 1.29 is 19.0 Å². The lowest BCUT2D eigenvalue weighted by Crippen LogP contribution is -2.41. The van der Waals surface area contributed by atoms with Gasteiger partial charge in [0.15, 0.2) is 6.10 Å². The molecule has 3 heterocycles. The van der Waals surface area contributed by atoms with Crippen LogP contribution in [0.3, 0.4) is 0 Å². The fourth-order valence-electron chi connectivity index (χ4n) is 3.47. The molecule has 1 fully saturated rings. The molecule has 0 aliphatic carbocycles. The van der Waals surface area contributed by atoms with Crippen molar-refractivity contribution in [1.82, 2.24) is 9.88 Å². The summed E-state index contributed by atoms with van der Waals surface area (Å²) < 4.78 is 16.9. The van der Waals surface area contributed by atoms with Crippen molar-refractivity contribution in [3.63, 3.8) is 0 Å². The molecule has 2 aliphatic heterocycles. The first-order chi connectivity index (χ1) is 12.1. The van der Waals surface area contributed by atoms with Gasteiger partial charge in [0.2, 0.25) is 5.88 Å². The second kappa shape index (κ2) is 6.52. The molecule has 25 heavy (non-hydrogen) atoms. The summed E-state index contributed by atoms with van der Waals surface area (Å²) in [5.74, 6) is 1.30. The zero-order valence-corrected chi connectivity index (χ0v) is 14.5. The average Bonchev–Trinajstić information content (AvgIpc) is 3.09. The highest BCUT2D eigenvalue weighted by molar-refractivity contribution is 5.84. The number of hydrogen-bond acceptors (Lipinski definition) is 5. The summed E-state index contributed by atoms with van der Waals surface area (Å²) in [6, 6.07) is 7.76. The van der Waals surface area contributed by atoms with Crippen molar-refractivity contribution in [1.29, 1.82) is 0 Å². The van der Waals surface area contributed by atoms with Crippen LogP contribution in [-0.4, -0.2) is 48.3 Å². The normalized spacial score (nSPS) is 23.3. The molecule has 0 bridgehead atoms.